The Morgan fingerprint density at radius 1 is 1.16 bits per heavy atom. The smallest absolute Gasteiger partial charge is 0.143 e. The third-order valence-electron chi connectivity index (χ3n) is 6.28. The number of ether oxygens (including phenoxy) is 1. The van der Waals surface area contributed by atoms with Gasteiger partial charge in [0.25, 0.3) is 0 Å². The van der Waals surface area contributed by atoms with Crippen molar-refractivity contribution in [3.05, 3.63) is 18.2 Å². The molecule has 25 heavy (non-hydrogen) atoms. The SMILES string of the molecule is COc1cc(N2CCC(N3C[C@H]4C[C@@H]3CN4CCF)CC2)ccc1N. The molecule has 3 aliphatic rings. The lowest BCUT2D eigenvalue weighted by Crippen LogP contribution is -2.53. The average molecular weight is 348 g/mol. The Morgan fingerprint density at radius 2 is 1.96 bits per heavy atom. The molecule has 0 spiro atoms. The molecule has 0 aliphatic carbocycles. The van der Waals surface area contributed by atoms with Crippen LogP contribution < -0.4 is 15.4 Å². The number of methoxy groups -OCH3 is 1. The van der Waals surface area contributed by atoms with Crippen molar-refractivity contribution in [3.63, 3.8) is 0 Å². The van der Waals surface area contributed by atoms with Gasteiger partial charge >= 0.3 is 0 Å². The molecule has 6 heteroatoms. The maximum absolute atomic E-state index is 12.6. The molecule has 3 heterocycles. The van der Waals surface area contributed by atoms with Crippen LogP contribution in [-0.4, -0.2) is 74.4 Å². The second kappa shape index (κ2) is 7.00. The van der Waals surface area contributed by atoms with Crippen LogP contribution in [0.25, 0.3) is 0 Å². The highest BCUT2D eigenvalue weighted by molar-refractivity contribution is 5.62. The minimum atomic E-state index is -0.216. The fourth-order valence-corrected chi connectivity index (χ4v) is 4.96. The number of piperazine rings is 1. The predicted octanol–water partition coefficient (Wildman–Crippen LogP) is 1.97. The fraction of sp³-hybridized carbons (Fsp3) is 0.684. The summed E-state index contributed by atoms with van der Waals surface area (Å²) in [6.07, 6.45) is 3.62. The third-order valence-corrected chi connectivity index (χ3v) is 6.28. The number of fused-ring (bicyclic) bond motifs is 2. The first kappa shape index (κ1) is 16.9. The van der Waals surface area contributed by atoms with E-state index in [0.29, 0.717) is 30.4 Å². The largest absolute Gasteiger partial charge is 0.495 e. The lowest BCUT2D eigenvalue weighted by atomic mass is 10.0. The first-order valence-corrected chi connectivity index (χ1v) is 9.44. The molecule has 2 N–H and O–H groups in total. The Labute approximate surface area is 149 Å². The number of nitrogen functional groups attached to an aromatic ring is 1. The maximum Gasteiger partial charge on any atom is 0.143 e. The van der Waals surface area contributed by atoms with Gasteiger partial charge in [-0.25, -0.2) is 4.39 Å². The van der Waals surface area contributed by atoms with E-state index in [1.165, 1.54) is 24.9 Å². The number of alkyl halides is 1. The number of likely N-dealkylation sites (tertiary alicyclic amines) is 2. The molecule has 3 aliphatic heterocycles. The van der Waals surface area contributed by atoms with Gasteiger partial charge in [-0.1, -0.05) is 0 Å². The molecular weight excluding hydrogens is 319 g/mol. The summed E-state index contributed by atoms with van der Waals surface area (Å²) in [5.74, 6) is 0.754. The Kier molecular flexibility index (Phi) is 4.73. The molecule has 138 valence electrons. The van der Waals surface area contributed by atoms with Gasteiger partial charge in [0.05, 0.1) is 12.8 Å². The molecular formula is C19H29FN4O. The van der Waals surface area contributed by atoms with Crippen molar-refractivity contribution in [3.8, 4) is 5.75 Å². The third kappa shape index (κ3) is 3.17. The van der Waals surface area contributed by atoms with Crippen LogP contribution in [-0.2, 0) is 0 Å². The van der Waals surface area contributed by atoms with E-state index in [-0.39, 0.29) is 6.67 Å². The highest BCUT2D eigenvalue weighted by Gasteiger charge is 2.45. The van der Waals surface area contributed by atoms with Crippen LogP contribution in [0.4, 0.5) is 15.8 Å². The van der Waals surface area contributed by atoms with E-state index in [2.05, 4.69) is 20.8 Å². The van der Waals surface area contributed by atoms with Crippen LogP contribution in [0.5, 0.6) is 5.75 Å². The molecule has 1 aromatic carbocycles. The number of halogens is 1. The zero-order valence-electron chi connectivity index (χ0n) is 15.0. The van der Waals surface area contributed by atoms with Crippen LogP contribution in [0.3, 0.4) is 0 Å². The van der Waals surface area contributed by atoms with Crippen molar-refractivity contribution < 1.29 is 9.13 Å². The van der Waals surface area contributed by atoms with Gasteiger partial charge in [-0.15, -0.1) is 0 Å². The Bertz CT molecular complexity index is 605. The Hall–Kier alpha value is -1.53. The van der Waals surface area contributed by atoms with Crippen molar-refractivity contribution in [2.24, 2.45) is 0 Å². The maximum atomic E-state index is 12.6. The monoisotopic (exact) mass is 348 g/mol. The van der Waals surface area contributed by atoms with E-state index in [4.69, 9.17) is 10.5 Å². The molecule has 0 saturated carbocycles. The highest BCUT2D eigenvalue weighted by Crippen LogP contribution is 2.35. The van der Waals surface area contributed by atoms with E-state index in [0.717, 1.165) is 31.9 Å². The number of hydrogen-bond donors (Lipinski definition) is 1. The first-order valence-electron chi connectivity index (χ1n) is 9.44. The Balaban J connectivity index is 1.34. The van der Waals surface area contributed by atoms with Crippen LogP contribution in [0, 0.1) is 0 Å². The summed E-state index contributed by atoms with van der Waals surface area (Å²) in [6, 6.07) is 7.96. The molecule has 0 radical (unpaired) electrons. The number of anilines is 2. The lowest BCUT2D eigenvalue weighted by molar-refractivity contribution is 0.0776. The molecule has 2 atom stereocenters. The lowest BCUT2D eigenvalue weighted by Gasteiger charge is -2.43. The van der Waals surface area contributed by atoms with Crippen molar-refractivity contribution >= 4 is 11.4 Å². The second-order valence-corrected chi connectivity index (χ2v) is 7.57. The zero-order valence-corrected chi connectivity index (χ0v) is 15.0. The van der Waals surface area contributed by atoms with E-state index in [9.17, 15) is 4.39 Å². The van der Waals surface area contributed by atoms with Gasteiger partial charge in [-0.3, -0.25) is 9.80 Å². The fourth-order valence-electron chi connectivity index (χ4n) is 4.96. The summed E-state index contributed by atoms with van der Waals surface area (Å²) < 4.78 is 18.0. The number of nitrogens with two attached hydrogens (primary N) is 1. The van der Waals surface area contributed by atoms with E-state index >= 15 is 0 Å². The average Bonchev–Trinajstić information content (AvgIpc) is 3.23. The normalized spacial score (nSPS) is 28.0. The topological polar surface area (TPSA) is 45.0 Å². The van der Waals surface area contributed by atoms with Gasteiger partial charge in [0, 0.05) is 62.6 Å². The summed E-state index contributed by atoms with van der Waals surface area (Å²) in [4.78, 5) is 7.49. The van der Waals surface area contributed by atoms with Crippen molar-refractivity contribution in [2.45, 2.75) is 37.4 Å². The number of benzene rings is 1. The summed E-state index contributed by atoms with van der Waals surface area (Å²) in [5, 5.41) is 0. The molecule has 2 bridgehead atoms. The molecule has 0 amide bonds. The quantitative estimate of drug-likeness (QED) is 0.825. The minimum absolute atomic E-state index is 0.216. The molecule has 0 unspecified atom stereocenters. The zero-order chi connectivity index (χ0) is 17.4. The van der Waals surface area contributed by atoms with Gasteiger partial charge in [0.15, 0.2) is 0 Å². The van der Waals surface area contributed by atoms with Gasteiger partial charge in [-0.2, -0.15) is 0 Å². The summed E-state index contributed by atoms with van der Waals surface area (Å²) >= 11 is 0. The summed E-state index contributed by atoms with van der Waals surface area (Å²) in [5.41, 5.74) is 7.81. The minimum Gasteiger partial charge on any atom is -0.495 e. The van der Waals surface area contributed by atoms with Crippen molar-refractivity contribution in [1.82, 2.24) is 9.80 Å². The molecule has 4 rings (SSSR count). The predicted molar refractivity (Wildman–Crippen MR) is 99.1 cm³/mol. The highest BCUT2D eigenvalue weighted by atomic mass is 19.1. The van der Waals surface area contributed by atoms with Crippen LogP contribution in [0.2, 0.25) is 0 Å². The Morgan fingerprint density at radius 3 is 2.60 bits per heavy atom. The number of piperidine rings is 1. The molecule has 0 aromatic heterocycles. The van der Waals surface area contributed by atoms with Crippen molar-refractivity contribution in [1.29, 1.82) is 0 Å². The number of rotatable bonds is 5. The van der Waals surface area contributed by atoms with E-state index in [1.807, 2.05) is 12.1 Å². The first-order chi connectivity index (χ1) is 12.2. The van der Waals surface area contributed by atoms with Gasteiger partial charge < -0.3 is 15.4 Å². The summed E-state index contributed by atoms with van der Waals surface area (Å²) in [6.45, 7) is 4.73. The number of hydrogen-bond acceptors (Lipinski definition) is 5. The second-order valence-electron chi connectivity index (χ2n) is 7.57. The van der Waals surface area contributed by atoms with Crippen LogP contribution in [0.1, 0.15) is 19.3 Å². The molecule has 5 nitrogen and oxygen atoms in total. The van der Waals surface area contributed by atoms with Gasteiger partial charge in [0.2, 0.25) is 0 Å². The standard InChI is InChI=1S/C19H29FN4O/c1-25-19-11-15(2-3-18(19)21)22-7-4-14(5-8-22)24-13-16-10-17(24)12-23(16)9-6-20/h2-3,11,14,16-17H,4-10,12-13,21H2,1H3/t16-,17-/m1/s1. The van der Waals surface area contributed by atoms with Crippen molar-refractivity contribution in [2.75, 3.05) is 57.1 Å². The van der Waals surface area contributed by atoms with Crippen LogP contribution in [0.15, 0.2) is 18.2 Å². The van der Waals surface area contributed by atoms with Crippen LogP contribution >= 0.6 is 0 Å². The summed E-state index contributed by atoms with van der Waals surface area (Å²) in [7, 11) is 1.66. The van der Waals surface area contributed by atoms with Gasteiger partial charge in [0.1, 0.15) is 12.4 Å². The molecule has 3 saturated heterocycles. The van der Waals surface area contributed by atoms with Gasteiger partial charge in [-0.05, 0) is 31.4 Å². The van der Waals surface area contributed by atoms with E-state index in [1.54, 1.807) is 7.11 Å². The number of nitrogens with zero attached hydrogens (tertiary/aromatic N) is 3. The molecule has 3 fully saturated rings. The van der Waals surface area contributed by atoms with E-state index < -0.39 is 0 Å². The molecule has 1 aromatic rings.